The number of methoxy groups -OCH3 is 1. The van der Waals surface area contributed by atoms with Crippen molar-refractivity contribution in [1.29, 1.82) is 0 Å². The van der Waals surface area contributed by atoms with Gasteiger partial charge in [-0.15, -0.1) is 0 Å². The summed E-state index contributed by atoms with van der Waals surface area (Å²) in [6.07, 6.45) is 4.34. The molecule has 0 spiro atoms. The van der Waals surface area contributed by atoms with E-state index in [1.807, 2.05) is 25.7 Å². The molecule has 3 rings (SSSR count). The highest BCUT2D eigenvalue weighted by Crippen LogP contribution is 2.38. The van der Waals surface area contributed by atoms with Crippen LogP contribution in [0.1, 0.15) is 56.8 Å². The van der Waals surface area contributed by atoms with Gasteiger partial charge in [-0.2, -0.15) is 0 Å². The molecule has 2 N–H and O–H groups in total. The molecular formula is C19H27N3O5. The Labute approximate surface area is 159 Å². The monoisotopic (exact) mass is 377 g/mol. The van der Waals surface area contributed by atoms with Crippen LogP contribution in [0.15, 0.2) is 12.3 Å². The number of carbonyl (C=O) groups is 2. The van der Waals surface area contributed by atoms with E-state index < -0.39 is 11.6 Å². The van der Waals surface area contributed by atoms with Gasteiger partial charge in [0.1, 0.15) is 11.7 Å². The highest BCUT2D eigenvalue weighted by Gasteiger charge is 2.45. The minimum Gasteiger partial charge on any atom is -0.474 e. The molecule has 2 aliphatic rings. The van der Waals surface area contributed by atoms with Gasteiger partial charge >= 0.3 is 12.1 Å². The van der Waals surface area contributed by atoms with Crippen LogP contribution in [0, 0.1) is 0 Å². The van der Waals surface area contributed by atoms with E-state index in [1.54, 1.807) is 0 Å². The lowest BCUT2D eigenvalue weighted by Crippen LogP contribution is -2.50. The van der Waals surface area contributed by atoms with E-state index in [0.29, 0.717) is 18.7 Å². The molecule has 0 aromatic carbocycles. The van der Waals surface area contributed by atoms with Gasteiger partial charge < -0.3 is 24.8 Å². The zero-order chi connectivity index (χ0) is 19.8. The number of rotatable bonds is 3. The smallest absolute Gasteiger partial charge is 0.410 e. The Morgan fingerprint density at radius 3 is 2.41 bits per heavy atom. The Morgan fingerprint density at radius 2 is 1.85 bits per heavy atom. The first-order valence-electron chi connectivity index (χ1n) is 9.19. The third kappa shape index (κ3) is 4.26. The summed E-state index contributed by atoms with van der Waals surface area (Å²) in [5.74, 6) is -0.195. The number of fused-ring (bicyclic) bond motifs is 2. The van der Waals surface area contributed by atoms with Gasteiger partial charge in [0.05, 0.1) is 24.6 Å². The van der Waals surface area contributed by atoms with Crippen molar-refractivity contribution in [3.8, 4) is 5.88 Å². The molecule has 2 aliphatic heterocycles. The summed E-state index contributed by atoms with van der Waals surface area (Å²) in [5, 5.41) is 0. The summed E-state index contributed by atoms with van der Waals surface area (Å²) in [6, 6.07) is 1.69. The summed E-state index contributed by atoms with van der Waals surface area (Å²) in [5.41, 5.74) is 5.74. The number of pyridine rings is 1. The standard InChI is InChI=1S/C19H27N3O5/c1-19(2,3)27-18(24)22-11-5-6-12(22)8-13(7-11)26-16-9-14(17(23)25-4)15(20)10-21-16/h9-13H,5-8,20H2,1-4H3. The van der Waals surface area contributed by atoms with Gasteiger partial charge in [0.2, 0.25) is 5.88 Å². The normalized spacial score (nSPS) is 24.4. The van der Waals surface area contributed by atoms with Crippen LogP contribution >= 0.6 is 0 Å². The van der Waals surface area contributed by atoms with Gasteiger partial charge in [-0.1, -0.05) is 0 Å². The Kier molecular flexibility index (Phi) is 5.17. The highest BCUT2D eigenvalue weighted by atomic mass is 16.6. The second-order valence-corrected chi connectivity index (χ2v) is 8.09. The number of ether oxygens (including phenoxy) is 3. The molecule has 1 amide bonds. The molecule has 0 radical (unpaired) electrons. The largest absolute Gasteiger partial charge is 0.474 e. The van der Waals surface area contributed by atoms with E-state index >= 15 is 0 Å². The molecule has 2 atom stereocenters. The summed E-state index contributed by atoms with van der Waals surface area (Å²) >= 11 is 0. The van der Waals surface area contributed by atoms with Crippen molar-refractivity contribution in [1.82, 2.24) is 9.88 Å². The van der Waals surface area contributed by atoms with Crippen molar-refractivity contribution in [2.45, 2.75) is 70.2 Å². The Balaban J connectivity index is 1.67. The summed E-state index contributed by atoms with van der Waals surface area (Å²) in [4.78, 5) is 30.3. The number of hydrogen-bond acceptors (Lipinski definition) is 7. The number of hydrogen-bond donors (Lipinski definition) is 1. The van der Waals surface area contributed by atoms with Gasteiger partial charge in [-0.05, 0) is 33.6 Å². The van der Waals surface area contributed by atoms with Gasteiger partial charge in [-0.3, -0.25) is 0 Å². The molecule has 1 aromatic heterocycles. The summed E-state index contributed by atoms with van der Waals surface area (Å²) < 4.78 is 16.3. The highest BCUT2D eigenvalue weighted by molar-refractivity contribution is 5.95. The first kappa shape index (κ1) is 19.3. The molecular weight excluding hydrogens is 350 g/mol. The molecule has 3 heterocycles. The molecule has 1 aromatic rings. The Morgan fingerprint density at radius 1 is 1.22 bits per heavy atom. The fraction of sp³-hybridized carbons (Fsp3) is 0.632. The topological polar surface area (TPSA) is 104 Å². The van der Waals surface area contributed by atoms with E-state index in [2.05, 4.69) is 4.98 Å². The lowest BCUT2D eigenvalue weighted by molar-refractivity contribution is -0.00765. The van der Waals surface area contributed by atoms with Crippen molar-refractivity contribution in [3.05, 3.63) is 17.8 Å². The number of nitrogen functional groups attached to an aromatic ring is 1. The average molecular weight is 377 g/mol. The van der Waals surface area contributed by atoms with Crippen LogP contribution < -0.4 is 10.5 Å². The number of nitrogens with zero attached hydrogens (tertiary/aromatic N) is 2. The zero-order valence-corrected chi connectivity index (χ0v) is 16.2. The average Bonchev–Trinajstić information content (AvgIpc) is 2.86. The minimum absolute atomic E-state index is 0.0807. The molecule has 8 heteroatoms. The Hall–Kier alpha value is -2.51. The van der Waals surface area contributed by atoms with Crippen molar-refractivity contribution in [3.63, 3.8) is 0 Å². The first-order chi connectivity index (χ1) is 12.7. The molecule has 2 bridgehead atoms. The van der Waals surface area contributed by atoms with Crippen molar-refractivity contribution in [2.75, 3.05) is 12.8 Å². The van der Waals surface area contributed by atoms with Crippen LogP contribution in [-0.2, 0) is 9.47 Å². The third-order valence-corrected chi connectivity index (χ3v) is 4.90. The summed E-state index contributed by atoms with van der Waals surface area (Å²) in [7, 11) is 1.30. The van der Waals surface area contributed by atoms with Crippen LogP contribution in [0.2, 0.25) is 0 Å². The number of carbonyl (C=O) groups excluding carboxylic acids is 2. The zero-order valence-electron chi connectivity index (χ0n) is 16.2. The summed E-state index contributed by atoms with van der Waals surface area (Å²) in [6.45, 7) is 5.61. The van der Waals surface area contributed by atoms with E-state index in [9.17, 15) is 9.59 Å². The predicted octanol–water partition coefficient (Wildman–Crippen LogP) is 2.76. The fourth-order valence-corrected chi connectivity index (χ4v) is 3.80. The van der Waals surface area contributed by atoms with Crippen LogP contribution in [0.4, 0.5) is 10.5 Å². The van der Waals surface area contributed by atoms with E-state index in [0.717, 1.165) is 12.8 Å². The molecule has 2 saturated heterocycles. The maximum Gasteiger partial charge on any atom is 0.410 e. The molecule has 27 heavy (non-hydrogen) atoms. The van der Waals surface area contributed by atoms with E-state index in [4.69, 9.17) is 19.9 Å². The van der Waals surface area contributed by atoms with Crippen molar-refractivity contribution in [2.24, 2.45) is 0 Å². The van der Waals surface area contributed by atoms with Gasteiger partial charge in [-0.25, -0.2) is 14.6 Å². The SMILES string of the molecule is COC(=O)c1cc(OC2CC3CCC(C2)N3C(=O)OC(C)(C)C)ncc1N. The van der Waals surface area contributed by atoms with E-state index in [1.165, 1.54) is 19.4 Å². The maximum atomic E-state index is 12.5. The van der Waals surface area contributed by atoms with Gasteiger partial charge in [0, 0.05) is 31.0 Å². The van der Waals surface area contributed by atoms with Gasteiger partial charge in [0.15, 0.2) is 0 Å². The number of amides is 1. The van der Waals surface area contributed by atoms with Crippen molar-refractivity contribution < 1.29 is 23.8 Å². The van der Waals surface area contributed by atoms with Gasteiger partial charge in [0.25, 0.3) is 0 Å². The van der Waals surface area contributed by atoms with E-state index in [-0.39, 0.29) is 35.5 Å². The molecule has 0 saturated carbocycles. The molecule has 0 aliphatic carbocycles. The number of anilines is 1. The molecule has 2 unspecified atom stereocenters. The predicted molar refractivity (Wildman–Crippen MR) is 98.5 cm³/mol. The second-order valence-electron chi connectivity index (χ2n) is 8.09. The quantitative estimate of drug-likeness (QED) is 0.808. The van der Waals surface area contributed by atoms with Crippen LogP contribution in [0.3, 0.4) is 0 Å². The lowest BCUT2D eigenvalue weighted by atomic mass is 10.00. The van der Waals surface area contributed by atoms with Crippen LogP contribution in [0.25, 0.3) is 0 Å². The molecule has 148 valence electrons. The minimum atomic E-state index is -0.528. The van der Waals surface area contributed by atoms with Crippen molar-refractivity contribution >= 4 is 17.7 Å². The number of esters is 1. The number of aromatic nitrogens is 1. The Bertz CT molecular complexity index is 717. The maximum absolute atomic E-state index is 12.5. The lowest BCUT2D eigenvalue weighted by Gasteiger charge is -2.39. The van der Waals surface area contributed by atoms with Crippen LogP contribution in [-0.4, -0.2) is 52.8 Å². The second kappa shape index (κ2) is 7.25. The number of nitrogens with two attached hydrogens (primary N) is 1. The molecule has 8 nitrogen and oxygen atoms in total. The third-order valence-electron chi connectivity index (χ3n) is 4.90. The van der Waals surface area contributed by atoms with Crippen LogP contribution in [0.5, 0.6) is 5.88 Å². The molecule has 2 fully saturated rings. The first-order valence-corrected chi connectivity index (χ1v) is 9.19. The number of piperidine rings is 1. The fourth-order valence-electron chi connectivity index (χ4n) is 3.80.